The van der Waals surface area contributed by atoms with Crippen molar-refractivity contribution in [2.75, 3.05) is 13.2 Å². The van der Waals surface area contributed by atoms with Crippen LogP contribution in [0.3, 0.4) is 0 Å². The fraction of sp³-hybridized carbons (Fsp3) is 0.938. The van der Waals surface area contributed by atoms with Crippen molar-refractivity contribution in [3.05, 3.63) is 0 Å². The number of nitrogens with one attached hydrogen (secondary N) is 1. The maximum Gasteiger partial charge on any atom is 0.326 e. The summed E-state index contributed by atoms with van der Waals surface area (Å²) in [5.41, 5.74) is -0.351. The third-order valence-electron chi connectivity index (χ3n) is 4.28. The second-order valence-electron chi connectivity index (χ2n) is 6.78. The molecule has 1 aliphatic carbocycles. The average Bonchev–Trinajstić information content (AvgIpc) is 2.35. The average molecular weight is 269 g/mol. The van der Waals surface area contributed by atoms with Crippen molar-refractivity contribution < 1.29 is 9.53 Å². The molecule has 1 N–H and O–H groups in total. The third-order valence-corrected chi connectivity index (χ3v) is 4.28. The molecule has 0 radical (unpaired) electrons. The van der Waals surface area contributed by atoms with Gasteiger partial charge in [0, 0.05) is 0 Å². The van der Waals surface area contributed by atoms with Gasteiger partial charge < -0.3 is 10.1 Å². The maximum absolute atomic E-state index is 12.6. The second-order valence-corrected chi connectivity index (χ2v) is 6.78. The van der Waals surface area contributed by atoms with E-state index in [1.165, 1.54) is 6.42 Å². The zero-order chi connectivity index (χ0) is 14.5. The first-order chi connectivity index (χ1) is 8.88. The van der Waals surface area contributed by atoms with Gasteiger partial charge in [0.25, 0.3) is 0 Å². The molecule has 3 nitrogen and oxygen atoms in total. The fourth-order valence-corrected chi connectivity index (χ4v) is 3.48. The Morgan fingerprint density at radius 2 is 2.00 bits per heavy atom. The van der Waals surface area contributed by atoms with Crippen molar-refractivity contribution in [3.8, 4) is 0 Å². The van der Waals surface area contributed by atoms with Gasteiger partial charge in [-0.15, -0.1) is 0 Å². The van der Waals surface area contributed by atoms with E-state index in [1.54, 1.807) is 0 Å². The first-order valence-corrected chi connectivity index (χ1v) is 7.80. The van der Waals surface area contributed by atoms with Gasteiger partial charge in [-0.1, -0.05) is 40.5 Å². The van der Waals surface area contributed by atoms with Crippen LogP contribution in [-0.4, -0.2) is 24.7 Å². The Morgan fingerprint density at radius 3 is 2.53 bits per heavy atom. The molecule has 0 aromatic carbocycles. The molecule has 0 amide bonds. The fourth-order valence-electron chi connectivity index (χ4n) is 3.48. The molecule has 0 heterocycles. The Morgan fingerprint density at radius 1 is 1.32 bits per heavy atom. The largest absolute Gasteiger partial charge is 0.465 e. The molecule has 0 bridgehead atoms. The quantitative estimate of drug-likeness (QED) is 0.776. The smallest absolute Gasteiger partial charge is 0.326 e. The minimum absolute atomic E-state index is 0.0388. The number of ether oxygens (including phenoxy) is 1. The van der Waals surface area contributed by atoms with Crippen LogP contribution in [0.1, 0.15) is 66.7 Å². The highest BCUT2D eigenvalue weighted by Gasteiger charge is 2.51. The molecule has 0 aromatic heterocycles. The molecular weight excluding hydrogens is 238 g/mol. The molecule has 19 heavy (non-hydrogen) atoms. The molecule has 112 valence electrons. The van der Waals surface area contributed by atoms with Crippen LogP contribution in [0.25, 0.3) is 0 Å². The molecule has 3 heteroatoms. The van der Waals surface area contributed by atoms with Crippen molar-refractivity contribution in [1.29, 1.82) is 0 Å². The predicted molar refractivity (Wildman–Crippen MR) is 79.1 cm³/mol. The summed E-state index contributed by atoms with van der Waals surface area (Å²) in [7, 11) is 0. The van der Waals surface area contributed by atoms with Gasteiger partial charge in [0.05, 0.1) is 6.61 Å². The number of carbonyl (C=O) groups excluding carboxylic acids is 1. The molecule has 1 saturated carbocycles. The lowest BCUT2D eigenvalue weighted by Crippen LogP contribution is -2.62. The molecule has 0 spiro atoms. The van der Waals surface area contributed by atoms with Crippen LogP contribution in [0.4, 0.5) is 0 Å². The summed E-state index contributed by atoms with van der Waals surface area (Å²) in [4.78, 5) is 12.6. The van der Waals surface area contributed by atoms with E-state index in [1.807, 2.05) is 6.92 Å². The lowest BCUT2D eigenvalue weighted by Gasteiger charge is -2.48. The lowest BCUT2D eigenvalue weighted by molar-refractivity contribution is -0.158. The zero-order valence-corrected chi connectivity index (χ0v) is 13.3. The summed E-state index contributed by atoms with van der Waals surface area (Å²) in [5, 5.41) is 3.55. The van der Waals surface area contributed by atoms with Gasteiger partial charge in [-0.05, 0) is 44.1 Å². The van der Waals surface area contributed by atoms with E-state index in [2.05, 4.69) is 33.0 Å². The summed E-state index contributed by atoms with van der Waals surface area (Å²) < 4.78 is 5.41. The van der Waals surface area contributed by atoms with Crippen LogP contribution in [-0.2, 0) is 9.53 Å². The Hall–Kier alpha value is -0.570. The zero-order valence-electron chi connectivity index (χ0n) is 13.3. The highest BCUT2D eigenvalue weighted by Crippen LogP contribution is 2.45. The predicted octanol–water partition coefficient (Wildman–Crippen LogP) is 3.52. The van der Waals surface area contributed by atoms with E-state index in [-0.39, 0.29) is 11.4 Å². The molecule has 1 fully saturated rings. The highest BCUT2D eigenvalue weighted by molar-refractivity contribution is 5.81. The minimum atomic E-state index is -0.470. The van der Waals surface area contributed by atoms with Crippen LogP contribution in [0.2, 0.25) is 0 Å². The number of hydrogen-bond donors (Lipinski definition) is 1. The Bertz CT molecular complexity index is 296. The number of carbonyl (C=O) groups is 1. The van der Waals surface area contributed by atoms with Gasteiger partial charge in [-0.25, -0.2) is 0 Å². The summed E-state index contributed by atoms with van der Waals surface area (Å²) in [6.07, 6.45) is 5.39. The van der Waals surface area contributed by atoms with Crippen molar-refractivity contribution in [2.45, 2.75) is 72.3 Å². The monoisotopic (exact) mass is 269 g/mol. The first-order valence-electron chi connectivity index (χ1n) is 7.80. The lowest BCUT2D eigenvalue weighted by atomic mass is 9.62. The Labute approximate surface area is 118 Å². The molecule has 2 atom stereocenters. The normalized spacial score (nSPS) is 28.2. The third kappa shape index (κ3) is 3.71. The van der Waals surface area contributed by atoms with Crippen LogP contribution in [0, 0.1) is 11.3 Å². The van der Waals surface area contributed by atoms with Gasteiger partial charge in [0.15, 0.2) is 0 Å². The topological polar surface area (TPSA) is 38.3 Å². The molecule has 2 unspecified atom stereocenters. The summed E-state index contributed by atoms with van der Waals surface area (Å²) >= 11 is 0. The standard InChI is InChI=1S/C16H31NO2/c1-6-12-17-16(14(18)19-7-2)11-9-8-10-13(16)15(3,4)5/h13,17H,6-12H2,1-5H3. The van der Waals surface area contributed by atoms with Crippen molar-refractivity contribution >= 4 is 5.97 Å². The molecular formula is C16H31NO2. The van der Waals surface area contributed by atoms with Gasteiger partial charge >= 0.3 is 5.97 Å². The minimum Gasteiger partial charge on any atom is -0.465 e. The van der Waals surface area contributed by atoms with E-state index in [0.717, 1.165) is 32.2 Å². The van der Waals surface area contributed by atoms with E-state index in [9.17, 15) is 4.79 Å². The summed E-state index contributed by atoms with van der Waals surface area (Å²) in [6, 6.07) is 0. The Kier molecular flexibility index (Phi) is 5.84. The molecule has 0 aromatic rings. The number of esters is 1. The van der Waals surface area contributed by atoms with Crippen LogP contribution in [0.5, 0.6) is 0 Å². The first kappa shape index (κ1) is 16.5. The van der Waals surface area contributed by atoms with Gasteiger partial charge in [0.1, 0.15) is 5.54 Å². The molecule has 0 saturated heterocycles. The van der Waals surface area contributed by atoms with Gasteiger partial charge in [-0.3, -0.25) is 4.79 Å². The molecule has 1 rings (SSSR count). The van der Waals surface area contributed by atoms with Crippen LogP contribution < -0.4 is 5.32 Å². The van der Waals surface area contributed by atoms with E-state index >= 15 is 0 Å². The van der Waals surface area contributed by atoms with E-state index < -0.39 is 5.54 Å². The van der Waals surface area contributed by atoms with Gasteiger partial charge in [0.2, 0.25) is 0 Å². The van der Waals surface area contributed by atoms with E-state index in [0.29, 0.717) is 12.5 Å². The van der Waals surface area contributed by atoms with Gasteiger partial charge in [-0.2, -0.15) is 0 Å². The van der Waals surface area contributed by atoms with Crippen molar-refractivity contribution in [2.24, 2.45) is 11.3 Å². The SMILES string of the molecule is CCCNC1(C(=O)OCC)CCCCC1C(C)(C)C. The van der Waals surface area contributed by atoms with Crippen LogP contribution >= 0.6 is 0 Å². The van der Waals surface area contributed by atoms with Crippen molar-refractivity contribution in [3.63, 3.8) is 0 Å². The molecule has 0 aliphatic heterocycles. The van der Waals surface area contributed by atoms with Crippen molar-refractivity contribution in [1.82, 2.24) is 5.32 Å². The maximum atomic E-state index is 12.6. The van der Waals surface area contributed by atoms with E-state index in [4.69, 9.17) is 4.74 Å². The summed E-state index contributed by atoms with van der Waals surface area (Å²) in [6.45, 7) is 12.1. The second kappa shape index (κ2) is 6.74. The molecule has 1 aliphatic rings. The number of rotatable bonds is 5. The summed E-state index contributed by atoms with van der Waals surface area (Å²) in [5.74, 6) is 0.308. The highest BCUT2D eigenvalue weighted by atomic mass is 16.5. The number of hydrogen-bond acceptors (Lipinski definition) is 3. The Balaban J connectivity index is 3.05. The van der Waals surface area contributed by atoms with Crippen LogP contribution in [0.15, 0.2) is 0 Å².